The molecule has 6 aliphatic heterocycles. The second kappa shape index (κ2) is 28.3. The third kappa shape index (κ3) is 14.7. The lowest BCUT2D eigenvalue weighted by Crippen LogP contribution is -2.71. The Bertz CT molecular complexity index is 2070. The summed E-state index contributed by atoms with van der Waals surface area (Å²) in [6, 6.07) is -5.32. The number of aliphatic carboxylic acids is 1. The summed E-state index contributed by atoms with van der Waals surface area (Å²) in [5, 5.41) is 201. The van der Waals surface area contributed by atoms with E-state index in [1.165, 1.54) is 6.92 Å². The first-order chi connectivity index (χ1) is 38.0. The number of hydrogen-bond acceptors (Lipinski definition) is 32. The Morgan fingerprint density at radius 3 is 1.54 bits per heavy atom. The van der Waals surface area contributed by atoms with Gasteiger partial charge in [-0.25, -0.2) is 4.79 Å². The standard InChI is InChI=1S/C45H75N3O33/c1-11-24(58)29(63)31(65)41(72-11)79-37-23(48-14(4)55)40(76-19(9-52)34(37)77-42-32(66)30(64)26(60)17(7-50)74-42)80-38-27(61)18(8-51)75-43(33(38)67)78-35-22(47-13(3)54)39(68)73-20(28(35)62)10-71-45(44(69)70)5-15(56)21(46-12(2)53)36(81-45)25(59)16(57)6-49/h11,15-43,49-52,56-68H,5-10H2,1-4H3,(H,46,53)(H,47,54)(H,48,55)(H,69,70)/t11-,15-,16+,17+,18+,19+,20+,21+,22+,23+,24+,25+,26-,27-,28-,29+,30-,31-,32+,33+,34+,35+,36+,37+,38-,39?,40-,41-,42-,43-,45+/m0/s1. The zero-order chi connectivity index (χ0) is 60.3. The number of rotatable bonds is 21. The molecule has 1 unspecified atom stereocenters. The average molecular weight is 1190 g/mol. The zero-order valence-electron chi connectivity index (χ0n) is 43.7. The molecule has 0 radical (unpaired) electrons. The molecule has 36 nitrogen and oxygen atoms in total. The first kappa shape index (κ1) is 66.9. The molecule has 468 valence electrons. The van der Waals surface area contributed by atoms with Crippen LogP contribution in [0.3, 0.4) is 0 Å². The number of carboxylic acids is 1. The molecular formula is C45H75N3O33. The summed E-state index contributed by atoms with van der Waals surface area (Å²) in [6.45, 7) is -1.18. The van der Waals surface area contributed by atoms with E-state index in [9.17, 15) is 111 Å². The summed E-state index contributed by atoms with van der Waals surface area (Å²) in [5.41, 5.74) is 0. The van der Waals surface area contributed by atoms with E-state index in [0.29, 0.717) is 0 Å². The number of ether oxygens (including phenoxy) is 11. The highest BCUT2D eigenvalue weighted by molar-refractivity contribution is 5.77. The van der Waals surface area contributed by atoms with Gasteiger partial charge in [0.05, 0.1) is 51.3 Å². The summed E-state index contributed by atoms with van der Waals surface area (Å²) in [4.78, 5) is 50.5. The fourth-order valence-electron chi connectivity index (χ4n) is 10.2. The van der Waals surface area contributed by atoms with E-state index >= 15 is 0 Å². The molecule has 6 rings (SSSR count). The maximum absolute atomic E-state index is 13.0. The van der Waals surface area contributed by atoms with Gasteiger partial charge in [0, 0.05) is 27.2 Å². The molecule has 0 spiro atoms. The molecule has 6 saturated heterocycles. The van der Waals surface area contributed by atoms with E-state index in [1.54, 1.807) is 0 Å². The molecule has 3 amide bonds. The molecule has 31 atom stereocenters. The van der Waals surface area contributed by atoms with Gasteiger partial charge in [0.2, 0.25) is 17.7 Å². The molecule has 21 N–H and O–H groups in total. The van der Waals surface area contributed by atoms with Gasteiger partial charge >= 0.3 is 5.97 Å². The largest absolute Gasteiger partial charge is 0.477 e. The summed E-state index contributed by atoms with van der Waals surface area (Å²) in [6.07, 6.45) is -54.6. The average Bonchev–Trinajstić information content (AvgIpc) is 3.60. The molecule has 0 aromatic carbocycles. The lowest BCUT2D eigenvalue weighted by Gasteiger charge is -2.52. The molecule has 0 bridgehead atoms. The minimum absolute atomic E-state index is 0.799. The number of hydrogen-bond donors (Lipinski definition) is 21. The van der Waals surface area contributed by atoms with Crippen LogP contribution in [0.4, 0.5) is 0 Å². The fraction of sp³-hybridized carbons (Fsp3) is 0.911. The quantitative estimate of drug-likeness (QED) is 0.0507. The van der Waals surface area contributed by atoms with E-state index in [0.717, 1.165) is 20.8 Å². The topological polar surface area (TPSA) is 570 Å². The van der Waals surface area contributed by atoms with Crippen molar-refractivity contribution in [1.29, 1.82) is 0 Å². The molecule has 6 heterocycles. The van der Waals surface area contributed by atoms with Gasteiger partial charge in [0.1, 0.15) is 134 Å². The fourth-order valence-corrected chi connectivity index (χ4v) is 10.2. The van der Waals surface area contributed by atoms with Gasteiger partial charge in [-0.3, -0.25) is 14.4 Å². The molecule has 6 aliphatic rings. The number of aliphatic hydroxyl groups excluding tert-OH is 17. The Morgan fingerprint density at radius 2 is 0.988 bits per heavy atom. The molecular weight excluding hydrogens is 1110 g/mol. The van der Waals surface area contributed by atoms with E-state index in [4.69, 9.17) is 52.1 Å². The van der Waals surface area contributed by atoms with Gasteiger partial charge in [-0.15, -0.1) is 0 Å². The van der Waals surface area contributed by atoms with Crippen molar-refractivity contribution in [2.75, 3.05) is 33.0 Å². The molecule has 0 aliphatic carbocycles. The normalized spacial score (nSPS) is 46.7. The first-order valence-electron chi connectivity index (χ1n) is 25.6. The Labute approximate surface area is 459 Å². The minimum atomic E-state index is -3.02. The lowest BCUT2D eigenvalue weighted by atomic mass is 9.88. The van der Waals surface area contributed by atoms with Crippen LogP contribution in [-0.4, -0.2) is 338 Å². The second-order valence-corrected chi connectivity index (χ2v) is 20.4. The van der Waals surface area contributed by atoms with Crippen molar-refractivity contribution in [1.82, 2.24) is 16.0 Å². The van der Waals surface area contributed by atoms with Crippen molar-refractivity contribution < 1.29 is 163 Å². The third-order valence-corrected chi connectivity index (χ3v) is 14.6. The number of carbonyl (C=O) groups excluding carboxylic acids is 3. The molecule has 0 saturated carbocycles. The van der Waals surface area contributed by atoms with Gasteiger partial charge in [-0.05, 0) is 6.92 Å². The third-order valence-electron chi connectivity index (χ3n) is 14.6. The van der Waals surface area contributed by atoms with Crippen molar-refractivity contribution in [2.24, 2.45) is 0 Å². The molecule has 6 fully saturated rings. The van der Waals surface area contributed by atoms with Gasteiger partial charge in [0.25, 0.3) is 5.79 Å². The Hall–Kier alpha value is -3.24. The Balaban J connectivity index is 1.31. The maximum atomic E-state index is 13.0. The van der Waals surface area contributed by atoms with Gasteiger partial charge < -0.3 is 160 Å². The van der Waals surface area contributed by atoms with E-state index in [1.807, 2.05) is 0 Å². The van der Waals surface area contributed by atoms with Crippen molar-refractivity contribution >= 4 is 23.7 Å². The Kier molecular flexibility index (Phi) is 23.4. The summed E-state index contributed by atoms with van der Waals surface area (Å²) < 4.78 is 63.9. The summed E-state index contributed by atoms with van der Waals surface area (Å²) in [7, 11) is 0. The Morgan fingerprint density at radius 1 is 0.519 bits per heavy atom. The SMILES string of the molecule is CC(=O)N[C@H]1[C@H](O[C@H]2[C@@H](O)[C@@H](CO)O[C@@H](O[C@H]3[C@@H](O)[C@@H](CO[C@]4(C(=O)O)C[C@H](O)[C@@H](NC(C)=O)[C@H]([C@H](O)[C@H](O)CO)O4)OC(O)[C@@H]3NC(C)=O)[C@@H]2O)O[C@H](CO)[C@@H](O[C@@H]2O[C@H](CO)[C@H](O)[C@H](O)[C@H]2O)[C@@H]1O[C@@H]1O[C@@H](C)[C@@H](O)[C@@H](O)[C@@H]1O. The number of carbonyl (C=O) groups is 4. The van der Waals surface area contributed by atoms with Crippen LogP contribution in [0.25, 0.3) is 0 Å². The highest BCUT2D eigenvalue weighted by Crippen LogP contribution is 2.39. The summed E-state index contributed by atoms with van der Waals surface area (Å²) >= 11 is 0. The van der Waals surface area contributed by atoms with Gasteiger partial charge in [0.15, 0.2) is 31.5 Å². The van der Waals surface area contributed by atoms with Crippen molar-refractivity contribution in [3.63, 3.8) is 0 Å². The van der Waals surface area contributed by atoms with Crippen LogP contribution in [0.1, 0.15) is 34.1 Å². The van der Waals surface area contributed by atoms with Crippen molar-refractivity contribution in [2.45, 2.75) is 224 Å². The van der Waals surface area contributed by atoms with Crippen LogP contribution < -0.4 is 16.0 Å². The van der Waals surface area contributed by atoms with E-state index < -0.39 is 253 Å². The number of carboxylic acid groups (broad SMARTS) is 1. The van der Waals surface area contributed by atoms with Crippen LogP contribution in [0.15, 0.2) is 0 Å². The minimum Gasteiger partial charge on any atom is -0.477 e. The first-order valence-corrected chi connectivity index (χ1v) is 25.6. The predicted octanol–water partition coefficient (Wildman–Crippen LogP) is -13.4. The number of aliphatic hydroxyl groups is 17. The van der Waals surface area contributed by atoms with E-state index in [2.05, 4.69) is 16.0 Å². The zero-order valence-corrected chi connectivity index (χ0v) is 43.7. The smallest absolute Gasteiger partial charge is 0.364 e. The monoisotopic (exact) mass is 1190 g/mol. The van der Waals surface area contributed by atoms with Crippen LogP contribution in [0.5, 0.6) is 0 Å². The summed E-state index contributed by atoms with van der Waals surface area (Å²) in [5.74, 6) is -7.60. The number of nitrogens with one attached hydrogen (secondary N) is 3. The molecule has 0 aromatic rings. The lowest BCUT2D eigenvalue weighted by molar-refractivity contribution is -0.389. The highest BCUT2D eigenvalue weighted by atomic mass is 16.8. The van der Waals surface area contributed by atoms with Crippen molar-refractivity contribution in [3.8, 4) is 0 Å². The van der Waals surface area contributed by atoms with Crippen LogP contribution in [0, 0.1) is 0 Å². The van der Waals surface area contributed by atoms with E-state index in [-0.39, 0.29) is 0 Å². The van der Waals surface area contributed by atoms with Gasteiger partial charge in [-0.2, -0.15) is 0 Å². The van der Waals surface area contributed by atoms with Crippen LogP contribution in [0.2, 0.25) is 0 Å². The maximum Gasteiger partial charge on any atom is 0.364 e. The molecule has 81 heavy (non-hydrogen) atoms. The van der Waals surface area contributed by atoms with Gasteiger partial charge in [-0.1, -0.05) is 0 Å². The molecule has 36 heteroatoms. The van der Waals surface area contributed by atoms with Crippen molar-refractivity contribution in [3.05, 3.63) is 0 Å². The van der Waals surface area contributed by atoms with Crippen LogP contribution in [-0.2, 0) is 71.3 Å². The van der Waals surface area contributed by atoms with Crippen LogP contribution >= 0.6 is 0 Å². The number of amides is 3. The second-order valence-electron chi connectivity index (χ2n) is 20.4. The predicted molar refractivity (Wildman–Crippen MR) is 250 cm³/mol. The molecule has 0 aromatic heterocycles. The highest BCUT2D eigenvalue weighted by Gasteiger charge is 2.60.